The highest BCUT2D eigenvalue weighted by Gasteiger charge is 2.27. The van der Waals surface area contributed by atoms with E-state index in [1.807, 2.05) is 45.9 Å². The molecular formula is C24H24ClN3O4S. The Labute approximate surface area is 200 Å². The fourth-order valence-corrected chi connectivity index (χ4v) is 4.53. The summed E-state index contributed by atoms with van der Waals surface area (Å²) >= 11 is 7.59. The number of rotatable bonds is 6. The van der Waals surface area contributed by atoms with Crippen LogP contribution < -0.4 is 4.74 Å². The normalized spacial score (nSPS) is 12.7. The van der Waals surface area contributed by atoms with E-state index in [9.17, 15) is 9.90 Å². The zero-order valence-corrected chi connectivity index (χ0v) is 20.3. The number of carbonyl (C=O) groups is 1. The van der Waals surface area contributed by atoms with Gasteiger partial charge < -0.3 is 14.6 Å². The summed E-state index contributed by atoms with van der Waals surface area (Å²) < 4.78 is 13.5. The van der Waals surface area contributed by atoms with Gasteiger partial charge in [-0.05, 0) is 45.9 Å². The van der Waals surface area contributed by atoms with Crippen LogP contribution in [0, 0.1) is 0 Å². The maximum atomic E-state index is 13.0. The average molecular weight is 486 g/mol. The highest BCUT2D eigenvalue weighted by atomic mass is 35.5. The molecule has 0 saturated carbocycles. The molecular weight excluding hydrogens is 462 g/mol. The molecule has 1 N–H and O–H groups in total. The quantitative estimate of drug-likeness (QED) is 0.352. The number of carbonyl (C=O) groups excluding carboxylic acids is 1. The number of thiophene rings is 1. The van der Waals surface area contributed by atoms with E-state index in [1.165, 1.54) is 11.3 Å². The maximum absolute atomic E-state index is 13.0. The summed E-state index contributed by atoms with van der Waals surface area (Å²) in [5, 5.41) is 14.5. The summed E-state index contributed by atoms with van der Waals surface area (Å²) in [7, 11) is 0. The lowest BCUT2D eigenvalue weighted by atomic mass is 10.1. The first-order valence-corrected chi connectivity index (χ1v) is 11.6. The molecule has 3 heterocycles. The minimum absolute atomic E-state index is 0.190. The summed E-state index contributed by atoms with van der Waals surface area (Å²) in [6.45, 7) is 7.14. The number of imidazole rings is 1. The van der Waals surface area contributed by atoms with E-state index < -0.39 is 17.7 Å². The van der Waals surface area contributed by atoms with Gasteiger partial charge in [-0.3, -0.25) is 0 Å². The molecule has 4 aromatic rings. The minimum Gasteiger partial charge on any atom is -0.484 e. The van der Waals surface area contributed by atoms with E-state index >= 15 is 0 Å². The zero-order valence-electron chi connectivity index (χ0n) is 18.7. The number of hydrogen-bond acceptors (Lipinski definition) is 7. The van der Waals surface area contributed by atoms with Crippen LogP contribution in [-0.4, -0.2) is 31.3 Å². The van der Waals surface area contributed by atoms with E-state index in [4.69, 9.17) is 21.1 Å². The molecule has 3 aromatic heterocycles. The van der Waals surface area contributed by atoms with Crippen molar-refractivity contribution in [3.63, 3.8) is 0 Å². The third kappa shape index (κ3) is 5.03. The Bertz CT molecular complexity index is 1310. The number of hydrogen-bond donors (Lipinski definition) is 1. The van der Waals surface area contributed by atoms with E-state index in [-0.39, 0.29) is 6.61 Å². The molecule has 0 amide bonds. The number of ether oxygens (including phenoxy) is 2. The number of benzene rings is 1. The summed E-state index contributed by atoms with van der Waals surface area (Å²) in [6.07, 6.45) is 1.28. The Kier molecular flexibility index (Phi) is 6.43. The molecule has 0 aliphatic rings. The van der Waals surface area contributed by atoms with Crippen molar-refractivity contribution >= 4 is 34.6 Å². The van der Waals surface area contributed by atoms with E-state index in [1.54, 1.807) is 35.0 Å². The first kappa shape index (κ1) is 23.2. The van der Waals surface area contributed by atoms with E-state index in [0.717, 1.165) is 10.4 Å². The molecule has 0 aliphatic carbocycles. The fourth-order valence-electron chi connectivity index (χ4n) is 3.28. The van der Waals surface area contributed by atoms with Crippen LogP contribution in [0.25, 0.3) is 16.2 Å². The second-order valence-corrected chi connectivity index (χ2v) is 9.94. The first-order valence-electron chi connectivity index (χ1n) is 10.4. The Morgan fingerprint density at radius 2 is 2.00 bits per heavy atom. The minimum atomic E-state index is -0.659. The zero-order chi connectivity index (χ0) is 23.8. The number of aliphatic hydroxyl groups excluding tert-OH is 1. The van der Waals surface area contributed by atoms with Gasteiger partial charge in [0.05, 0.1) is 23.4 Å². The maximum Gasteiger partial charge on any atom is 0.352 e. The molecule has 0 spiro atoms. The fraction of sp³-hybridized carbons (Fsp3) is 0.292. The number of fused-ring (bicyclic) bond motifs is 1. The molecule has 1 aromatic carbocycles. The van der Waals surface area contributed by atoms with E-state index in [2.05, 4.69) is 10.1 Å². The van der Waals surface area contributed by atoms with Crippen molar-refractivity contribution in [2.24, 2.45) is 0 Å². The molecule has 0 bridgehead atoms. The number of esters is 1. The lowest BCUT2D eigenvalue weighted by molar-refractivity contribution is 0.00706. The Hall–Kier alpha value is -2.94. The second-order valence-electron chi connectivity index (χ2n) is 8.48. The summed E-state index contributed by atoms with van der Waals surface area (Å²) in [4.78, 5) is 18.5. The van der Waals surface area contributed by atoms with Gasteiger partial charge in [-0.15, -0.1) is 11.3 Å². The molecule has 0 unspecified atom stereocenters. The van der Waals surface area contributed by atoms with Gasteiger partial charge in [-0.2, -0.15) is 5.10 Å². The van der Waals surface area contributed by atoms with Crippen LogP contribution in [-0.2, 0) is 11.3 Å². The van der Waals surface area contributed by atoms with Crippen LogP contribution in [0.2, 0.25) is 5.02 Å². The molecule has 0 fully saturated rings. The van der Waals surface area contributed by atoms with Gasteiger partial charge in [-0.25, -0.2) is 14.3 Å². The number of halogens is 1. The average Bonchev–Trinajstić information content (AvgIpc) is 3.36. The van der Waals surface area contributed by atoms with Crippen molar-refractivity contribution in [2.75, 3.05) is 0 Å². The largest absolute Gasteiger partial charge is 0.484 e. The monoisotopic (exact) mass is 485 g/mol. The van der Waals surface area contributed by atoms with Crippen molar-refractivity contribution in [3.8, 4) is 16.3 Å². The molecule has 0 saturated heterocycles. The van der Waals surface area contributed by atoms with Crippen LogP contribution >= 0.6 is 22.9 Å². The van der Waals surface area contributed by atoms with Crippen LogP contribution in [0.5, 0.6) is 5.75 Å². The molecule has 9 heteroatoms. The van der Waals surface area contributed by atoms with Crippen LogP contribution in [0.4, 0.5) is 0 Å². The topological polar surface area (TPSA) is 86.0 Å². The highest BCUT2D eigenvalue weighted by molar-refractivity contribution is 7.17. The predicted molar refractivity (Wildman–Crippen MR) is 128 cm³/mol. The molecule has 0 radical (unpaired) electrons. The molecule has 4 rings (SSSR count). The molecule has 1 atom stereocenters. The Balaban J connectivity index is 1.77. The smallest absolute Gasteiger partial charge is 0.352 e. The molecule has 7 nitrogen and oxygen atoms in total. The van der Waals surface area contributed by atoms with Crippen molar-refractivity contribution < 1.29 is 19.4 Å². The summed E-state index contributed by atoms with van der Waals surface area (Å²) in [6, 6.07) is 12.7. The number of aromatic nitrogens is 3. The van der Waals surface area contributed by atoms with Gasteiger partial charge in [0.25, 0.3) is 0 Å². The van der Waals surface area contributed by atoms with Crippen LogP contribution in [0.3, 0.4) is 0 Å². The van der Waals surface area contributed by atoms with Crippen molar-refractivity contribution in [3.05, 3.63) is 69.8 Å². The van der Waals surface area contributed by atoms with Gasteiger partial charge in [0.2, 0.25) is 0 Å². The van der Waals surface area contributed by atoms with E-state index in [0.29, 0.717) is 32.7 Å². The van der Waals surface area contributed by atoms with Gasteiger partial charge in [0.1, 0.15) is 23.1 Å². The molecule has 0 aliphatic heterocycles. The molecule has 33 heavy (non-hydrogen) atoms. The van der Waals surface area contributed by atoms with Gasteiger partial charge >= 0.3 is 5.97 Å². The van der Waals surface area contributed by atoms with Gasteiger partial charge in [0, 0.05) is 16.7 Å². The Morgan fingerprint density at radius 1 is 1.24 bits per heavy atom. The van der Waals surface area contributed by atoms with Crippen molar-refractivity contribution in [2.45, 2.75) is 46.0 Å². The van der Waals surface area contributed by atoms with Gasteiger partial charge in [-0.1, -0.05) is 29.8 Å². The highest BCUT2D eigenvalue weighted by Crippen LogP contribution is 2.40. The van der Waals surface area contributed by atoms with Gasteiger partial charge in [0.15, 0.2) is 10.5 Å². The summed E-state index contributed by atoms with van der Waals surface area (Å²) in [5.41, 5.74) is 1.96. The number of aliphatic hydroxyl groups is 1. The third-order valence-corrected chi connectivity index (χ3v) is 6.22. The SMILES string of the molecule is C[C@@H](Oc1cc(-c2cnc3ccc(CO)nn23)sc1C(=O)OC(C)(C)C)c1ccccc1Cl. The lowest BCUT2D eigenvalue weighted by Gasteiger charge is -2.20. The third-order valence-electron chi connectivity index (χ3n) is 4.76. The van der Waals surface area contributed by atoms with Crippen molar-refractivity contribution in [1.82, 2.24) is 14.6 Å². The second kappa shape index (κ2) is 9.13. The first-order chi connectivity index (χ1) is 15.7. The molecule has 172 valence electrons. The lowest BCUT2D eigenvalue weighted by Crippen LogP contribution is -2.23. The van der Waals surface area contributed by atoms with Crippen LogP contribution in [0.1, 0.15) is 54.7 Å². The Morgan fingerprint density at radius 3 is 2.70 bits per heavy atom. The predicted octanol–water partition coefficient (Wildman–Crippen LogP) is 5.70. The number of nitrogens with zero attached hydrogens (tertiary/aromatic N) is 3. The standard InChI is InChI=1S/C24H24ClN3O4S/c1-14(16-7-5-6-8-17(16)25)31-19-11-20(33-22(19)23(30)32-24(2,3)4)18-12-26-21-10-9-15(13-29)27-28(18)21/h5-12,14,29H,13H2,1-4H3/t14-/m1/s1. The van der Waals surface area contributed by atoms with Crippen molar-refractivity contribution in [1.29, 1.82) is 0 Å². The summed E-state index contributed by atoms with van der Waals surface area (Å²) in [5.74, 6) is -0.0807. The van der Waals surface area contributed by atoms with Crippen LogP contribution in [0.15, 0.2) is 48.7 Å².